The van der Waals surface area contributed by atoms with Crippen LogP contribution in [0.3, 0.4) is 0 Å². The molecule has 2 heterocycles. The van der Waals surface area contributed by atoms with Crippen LogP contribution in [0, 0.1) is 11.7 Å². The van der Waals surface area contributed by atoms with Gasteiger partial charge in [0.1, 0.15) is 18.2 Å². The quantitative estimate of drug-likeness (QED) is 0.251. The minimum atomic E-state index is -1.35. The number of benzene rings is 3. The number of fused-ring (bicyclic) bond motifs is 1. The SMILES string of the molecule is CC1(C)OC(=O)C([C@H](c2ccc(OCc3cccc(F)c3)c(Cl)c2)c2c[nH]c3ccccc23)C(=O)O1. The molecule has 0 aliphatic carbocycles. The van der Waals surface area contributed by atoms with Crippen LogP contribution < -0.4 is 4.74 Å². The number of hydrogen-bond donors (Lipinski definition) is 1. The number of hydrogen-bond acceptors (Lipinski definition) is 5. The van der Waals surface area contributed by atoms with Gasteiger partial charge in [-0.1, -0.05) is 48.0 Å². The van der Waals surface area contributed by atoms with E-state index in [-0.39, 0.29) is 17.4 Å². The number of H-pyrrole nitrogens is 1. The third kappa shape index (κ3) is 4.66. The first-order valence-electron chi connectivity index (χ1n) is 11.4. The van der Waals surface area contributed by atoms with Gasteiger partial charge in [-0.3, -0.25) is 9.59 Å². The number of aromatic nitrogens is 1. The van der Waals surface area contributed by atoms with Crippen LogP contribution in [0.15, 0.2) is 72.9 Å². The molecule has 6 nitrogen and oxygen atoms in total. The zero-order valence-corrected chi connectivity index (χ0v) is 20.3. The summed E-state index contributed by atoms with van der Waals surface area (Å²) in [6.45, 7) is 3.15. The normalized spacial score (nSPS) is 16.4. The first-order chi connectivity index (χ1) is 17.2. The number of halogens is 2. The zero-order chi connectivity index (χ0) is 25.4. The molecule has 1 atom stereocenters. The highest BCUT2D eigenvalue weighted by atomic mass is 35.5. The fourth-order valence-corrected chi connectivity index (χ4v) is 4.76. The average molecular weight is 508 g/mol. The van der Waals surface area contributed by atoms with Crippen molar-refractivity contribution in [2.24, 2.45) is 5.92 Å². The molecule has 0 saturated carbocycles. The van der Waals surface area contributed by atoms with E-state index in [4.69, 9.17) is 25.8 Å². The van der Waals surface area contributed by atoms with Gasteiger partial charge < -0.3 is 19.2 Å². The van der Waals surface area contributed by atoms with Gasteiger partial charge in [0.25, 0.3) is 5.79 Å². The predicted molar refractivity (Wildman–Crippen MR) is 132 cm³/mol. The van der Waals surface area contributed by atoms with Gasteiger partial charge in [-0.2, -0.15) is 0 Å². The van der Waals surface area contributed by atoms with Gasteiger partial charge in [-0.05, 0) is 47.0 Å². The molecule has 0 radical (unpaired) electrons. The van der Waals surface area contributed by atoms with E-state index in [0.717, 1.165) is 16.5 Å². The molecular weight excluding hydrogens is 485 g/mol. The summed E-state index contributed by atoms with van der Waals surface area (Å²) in [6.07, 6.45) is 1.78. The lowest BCUT2D eigenvalue weighted by Gasteiger charge is -2.36. The zero-order valence-electron chi connectivity index (χ0n) is 19.6. The van der Waals surface area contributed by atoms with Crippen LogP contribution in [0.5, 0.6) is 5.75 Å². The lowest BCUT2D eigenvalue weighted by atomic mass is 9.80. The summed E-state index contributed by atoms with van der Waals surface area (Å²) in [5.41, 5.74) is 2.86. The van der Waals surface area contributed by atoms with E-state index in [1.54, 1.807) is 36.5 Å². The van der Waals surface area contributed by atoms with E-state index in [0.29, 0.717) is 16.9 Å². The summed E-state index contributed by atoms with van der Waals surface area (Å²) >= 11 is 6.57. The molecule has 184 valence electrons. The molecule has 0 unspecified atom stereocenters. The summed E-state index contributed by atoms with van der Waals surface area (Å²) < 4.78 is 30.2. The average Bonchev–Trinajstić information content (AvgIpc) is 3.24. The van der Waals surface area contributed by atoms with Crippen molar-refractivity contribution in [1.29, 1.82) is 0 Å². The Labute approximate surface area is 211 Å². The fraction of sp³-hybridized carbons (Fsp3) is 0.214. The number of nitrogens with one attached hydrogen (secondary N) is 1. The van der Waals surface area contributed by atoms with Gasteiger partial charge in [0.15, 0.2) is 5.92 Å². The van der Waals surface area contributed by atoms with Crippen molar-refractivity contribution in [1.82, 2.24) is 4.98 Å². The summed E-state index contributed by atoms with van der Waals surface area (Å²) in [7, 11) is 0. The lowest BCUT2D eigenvalue weighted by molar-refractivity contribution is -0.240. The number of carbonyl (C=O) groups is 2. The molecule has 1 aliphatic heterocycles. The van der Waals surface area contributed by atoms with Gasteiger partial charge in [-0.15, -0.1) is 0 Å². The van der Waals surface area contributed by atoms with Crippen molar-refractivity contribution >= 4 is 34.4 Å². The molecule has 1 N–H and O–H groups in total. The van der Waals surface area contributed by atoms with E-state index in [9.17, 15) is 14.0 Å². The van der Waals surface area contributed by atoms with E-state index in [2.05, 4.69) is 4.98 Å². The lowest BCUT2D eigenvalue weighted by Crippen LogP contribution is -2.48. The Morgan fingerprint density at radius 3 is 2.50 bits per heavy atom. The second kappa shape index (κ2) is 9.32. The Morgan fingerprint density at radius 2 is 1.78 bits per heavy atom. The predicted octanol–water partition coefficient (Wildman–Crippen LogP) is 6.12. The molecule has 1 saturated heterocycles. The maximum Gasteiger partial charge on any atom is 0.324 e. The second-order valence-corrected chi connectivity index (χ2v) is 9.50. The first-order valence-corrected chi connectivity index (χ1v) is 11.8. The van der Waals surface area contributed by atoms with Crippen LogP contribution in [0.25, 0.3) is 10.9 Å². The summed E-state index contributed by atoms with van der Waals surface area (Å²) in [5.74, 6) is -4.62. The highest BCUT2D eigenvalue weighted by Crippen LogP contribution is 2.42. The van der Waals surface area contributed by atoms with Crippen LogP contribution in [0.1, 0.15) is 36.5 Å². The third-order valence-electron chi connectivity index (χ3n) is 6.09. The van der Waals surface area contributed by atoms with Crippen molar-refractivity contribution in [2.75, 3.05) is 0 Å². The Kier molecular flexibility index (Phi) is 6.18. The van der Waals surface area contributed by atoms with E-state index in [1.807, 2.05) is 24.3 Å². The molecule has 8 heteroatoms. The number of ether oxygens (including phenoxy) is 3. The van der Waals surface area contributed by atoms with Crippen molar-refractivity contribution in [3.8, 4) is 5.75 Å². The third-order valence-corrected chi connectivity index (χ3v) is 6.38. The number of rotatable bonds is 6. The molecule has 4 aromatic rings. The standard InChI is InChI=1S/C28H23ClFNO5/c1-28(2)35-26(32)25(27(33)36-28)24(20-14-31-22-9-4-3-8-19(20)22)17-10-11-23(21(29)13-17)34-15-16-6-5-7-18(30)12-16/h3-14,24-25,31H,15H2,1-2H3/t24-/m1/s1. The van der Waals surface area contributed by atoms with Gasteiger partial charge >= 0.3 is 11.9 Å². The summed E-state index contributed by atoms with van der Waals surface area (Å²) in [6, 6.07) is 18.8. The number of esters is 2. The van der Waals surface area contributed by atoms with E-state index >= 15 is 0 Å². The van der Waals surface area contributed by atoms with Gasteiger partial charge in [-0.25, -0.2) is 4.39 Å². The van der Waals surface area contributed by atoms with Crippen LogP contribution in [0.4, 0.5) is 4.39 Å². The van der Waals surface area contributed by atoms with Crippen molar-refractivity contribution < 1.29 is 28.2 Å². The maximum absolute atomic E-state index is 13.5. The van der Waals surface area contributed by atoms with Crippen LogP contribution in [-0.4, -0.2) is 22.7 Å². The van der Waals surface area contributed by atoms with Gasteiger partial charge in [0, 0.05) is 36.9 Å². The first kappa shape index (κ1) is 23.9. The second-order valence-electron chi connectivity index (χ2n) is 9.10. The van der Waals surface area contributed by atoms with Crippen molar-refractivity contribution in [3.63, 3.8) is 0 Å². The number of cyclic esters (lactones) is 2. The minimum absolute atomic E-state index is 0.124. The van der Waals surface area contributed by atoms with Crippen LogP contribution in [-0.2, 0) is 25.7 Å². The Bertz CT molecular complexity index is 1440. The highest BCUT2D eigenvalue weighted by Gasteiger charge is 2.48. The maximum atomic E-state index is 13.5. The van der Waals surface area contributed by atoms with Crippen molar-refractivity contribution in [2.45, 2.75) is 32.2 Å². The number of aromatic amines is 1. The highest BCUT2D eigenvalue weighted by molar-refractivity contribution is 6.32. The largest absolute Gasteiger partial charge is 0.487 e. The molecule has 0 bridgehead atoms. The topological polar surface area (TPSA) is 77.6 Å². The molecule has 1 aromatic heterocycles. The molecule has 1 fully saturated rings. The van der Waals surface area contributed by atoms with Crippen LogP contribution >= 0.6 is 11.6 Å². The Balaban J connectivity index is 1.52. The molecule has 1 aliphatic rings. The van der Waals surface area contributed by atoms with Gasteiger partial charge in [0.05, 0.1) is 5.02 Å². The minimum Gasteiger partial charge on any atom is -0.487 e. The van der Waals surface area contributed by atoms with Gasteiger partial charge in [0.2, 0.25) is 0 Å². The number of carbonyl (C=O) groups excluding carboxylic acids is 2. The molecular formula is C28H23ClFNO5. The van der Waals surface area contributed by atoms with Crippen LogP contribution in [0.2, 0.25) is 5.02 Å². The Hall–Kier alpha value is -3.84. The molecule has 5 rings (SSSR count). The fourth-order valence-electron chi connectivity index (χ4n) is 4.52. The van der Waals surface area contributed by atoms with Crippen molar-refractivity contribution in [3.05, 3.63) is 100 Å². The summed E-state index contributed by atoms with van der Waals surface area (Å²) in [5, 5.41) is 1.14. The molecule has 36 heavy (non-hydrogen) atoms. The van der Waals surface area contributed by atoms with E-state index < -0.39 is 29.6 Å². The molecule has 0 amide bonds. The Morgan fingerprint density at radius 1 is 1.03 bits per heavy atom. The van der Waals surface area contributed by atoms with E-state index in [1.165, 1.54) is 26.0 Å². The summed E-state index contributed by atoms with van der Waals surface area (Å²) in [4.78, 5) is 29.4. The molecule has 3 aromatic carbocycles. The monoisotopic (exact) mass is 507 g/mol. The number of para-hydroxylation sites is 1. The molecule has 0 spiro atoms. The smallest absolute Gasteiger partial charge is 0.324 e.